The van der Waals surface area contributed by atoms with Gasteiger partial charge in [-0.2, -0.15) is 0 Å². The first-order valence-corrected chi connectivity index (χ1v) is 5.98. The Kier molecular flexibility index (Phi) is 5.26. The van der Waals surface area contributed by atoms with Crippen molar-refractivity contribution >= 4 is 18.3 Å². The van der Waals surface area contributed by atoms with Gasteiger partial charge in [0.05, 0.1) is 0 Å². The number of carbonyl (C=O) groups excluding carboxylic acids is 1. The highest BCUT2D eigenvalue weighted by Crippen LogP contribution is 2.18. The van der Waals surface area contributed by atoms with Crippen LogP contribution in [-0.4, -0.2) is 29.9 Å². The fraction of sp³-hybridized carbons (Fsp3) is 0.462. The summed E-state index contributed by atoms with van der Waals surface area (Å²) in [6, 6.07) is 2.96. The van der Waals surface area contributed by atoms with Crippen LogP contribution in [0.5, 0.6) is 0 Å². The van der Waals surface area contributed by atoms with E-state index >= 15 is 0 Å². The molecule has 2 atom stereocenters. The number of rotatable bonds is 1. The molecule has 0 saturated carbocycles. The SMILES string of the molecule is CC1CN(C(=O)c2cc(F)cc(F)c2)CCC1N.Cl. The summed E-state index contributed by atoms with van der Waals surface area (Å²) < 4.78 is 26.1. The number of likely N-dealkylation sites (tertiary alicyclic amines) is 1. The van der Waals surface area contributed by atoms with Crippen molar-refractivity contribution in [2.24, 2.45) is 11.7 Å². The summed E-state index contributed by atoms with van der Waals surface area (Å²) in [5.74, 6) is -1.62. The molecule has 1 fully saturated rings. The maximum absolute atomic E-state index is 13.1. The van der Waals surface area contributed by atoms with Crippen LogP contribution in [0, 0.1) is 17.6 Å². The third kappa shape index (κ3) is 3.64. The van der Waals surface area contributed by atoms with Crippen molar-refractivity contribution in [3.63, 3.8) is 0 Å². The smallest absolute Gasteiger partial charge is 0.254 e. The second-order valence-corrected chi connectivity index (χ2v) is 4.84. The van der Waals surface area contributed by atoms with E-state index in [2.05, 4.69) is 0 Å². The molecule has 0 aliphatic carbocycles. The molecular formula is C13H17ClF2N2O. The van der Waals surface area contributed by atoms with E-state index in [0.29, 0.717) is 19.5 Å². The molecule has 2 N–H and O–H groups in total. The van der Waals surface area contributed by atoms with Crippen LogP contribution < -0.4 is 5.73 Å². The first-order chi connectivity index (χ1) is 8.47. The molecule has 1 amide bonds. The molecule has 0 aromatic heterocycles. The minimum absolute atomic E-state index is 0. The van der Waals surface area contributed by atoms with Crippen LogP contribution in [-0.2, 0) is 0 Å². The number of carbonyl (C=O) groups is 1. The van der Waals surface area contributed by atoms with Gasteiger partial charge in [-0.05, 0) is 24.5 Å². The van der Waals surface area contributed by atoms with Crippen molar-refractivity contribution in [1.29, 1.82) is 0 Å². The van der Waals surface area contributed by atoms with Crippen molar-refractivity contribution in [1.82, 2.24) is 4.90 Å². The highest BCUT2D eigenvalue weighted by Gasteiger charge is 2.27. The van der Waals surface area contributed by atoms with Gasteiger partial charge in [0, 0.05) is 30.8 Å². The number of nitrogens with zero attached hydrogens (tertiary/aromatic N) is 1. The van der Waals surface area contributed by atoms with Gasteiger partial charge >= 0.3 is 0 Å². The van der Waals surface area contributed by atoms with Gasteiger partial charge in [-0.15, -0.1) is 12.4 Å². The molecule has 1 saturated heterocycles. The lowest BCUT2D eigenvalue weighted by Gasteiger charge is -2.35. The van der Waals surface area contributed by atoms with Crippen LogP contribution in [0.4, 0.5) is 8.78 Å². The van der Waals surface area contributed by atoms with Gasteiger partial charge in [0.25, 0.3) is 5.91 Å². The number of hydrogen-bond donors (Lipinski definition) is 1. The molecular weight excluding hydrogens is 274 g/mol. The van der Waals surface area contributed by atoms with Crippen LogP contribution in [0.1, 0.15) is 23.7 Å². The quantitative estimate of drug-likeness (QED) is 0.862. The lowest BCUT2D eigenvalue weighted by molar-refractivity contribution is 0.0663. The summed E-state index contributed by atoms with van der Waals surface area (Å²) in [5.41, 5.74) is 5.92. The van der Waals surface area contributed by atoms with E-state index in [1.54, 1.807) is 4.90 Å². The van der Waals surface area contributed by atoms with Crippen LogP contribution in [0.3, 0.4) is 0 Å². The van der Waals surface area contributed by atoms with E-state index in [4.69, 9.17) is 5.73 Å². The first kappa shape index (κ1) is 15.9. The molecule has 3 nitrogen and oxygen atoms in total. The molecule has 19 heavy (non-hydrogen) atoms. The van der Waals surface area contributed by atoms with Crippen molar-refractivity contribution in [2.75, 3.05) is 13.1 Å². The minimum atomic E-state index is -0.736. The monoisotopic (exact) mass is 290 g/mol. The molecule has 1 aliphatic rings. The maximum Gasteiger partial charge on any atom is 0.254 e. The number of hydrogen-bond acceptors (Lipinski definition) is 2. The summed E-state index contributed by atoms with van der Waals surface area (Å²) in [4.78, 5) is 13.7. The Bertz CT molecular complexity index is 450. The van der Waals surface area contributed by atoms with Gasteiger partial charge in [0.2, 0.25) is 0 Å². The third-order valence-electron chi connectivity index (χ3n) is 3.37. The standard InChI is InChI=1S/C13H16F2N2O.ClH/c1-8-7-17(3-2-12(8)16)13(18)9-4-10(14)6-11(15)5-9;/h4-6,8,12H,2-3,7,16H2,1H3;1H. The molecule has 0 bridgehead atoms. The van der Waals surface area contributed by atoms with E-state index in [1.807, 2.05) is 6.92 Å². The second-order valence-electron chi connectivity index (χ2n) is 4.84. The minimum Gasteiger partial charge on any atom is -0.338 e. The van der Waals surface area contributed by atoms with Gasteiger partial charge in [-0.25, -0.2) is 8.78 Å². The van der Waals surface area contributed by atoms with Crippen LogP contribution >= 0.6 is 12.4 Å². The normalized spacial score (nSPS) is 22.8. The van der Waals surface area contributed by atoms with Gasteiger partial charge in [-0.1, -0.05) is 6.92 Å². The average Bonchev–Trinajstić information content (AvgIpc) is 2.30. The lowest BCUT2D eigenvalue weighted by Crippen LogP contribution is -2.48. The maximum atomic E-state index is 13.1. The number of piperidine rings is 1. The van der Waals surface area contributed by atoms with E-state index < -0.39 is 11.6 Å². The lowest BCUT2D eigenvalue weighted by atomic mass is 9.94. The highest BCUT2D eigenvalue weighted by molar-refractivity contribution is 5.94. The predicted molar refractivity (Wildman–Crippen MR) is 71.3 cm³/mol. The van der Waals surface area contributed by atoms with Crippen LogP contribution in [0.25, 0.3) is 0 Å². The zero-order chi connectivity index (χ0) is 13.3. The number of halogens is 3. The van der Waals surface area contributed by atoms with Crippen LogP contribution in [0.2, 0.25) is 0 Å². The van der Waals surface area contributed by atoms with Gasteiger partial charge in [0.1, 0.15) is 11.6 Å². The van der Waals surface area contributed by atoms with E-state index in [1.165, 1.54) is 0 Å². The average molecular weight is 291 g/mol. The predicted octanol–water partition coefficient (Wildman–Crippen LogP) is 2.20. The molecule has 0 spiro atoms. The number of benzene rings is 1. The Hall–Kier alpha value is -1.20. The van der Waals surface area contributed by atoms with Crippen molar-refractivity contribution in [3.05, 3.63) is 35.4 Å². The molecule has 2 rings (SSSR count). The zero-order valence-electron chi connectivity index (χ0n) is 10.6. The topological polar surface area (TPSA) is 46.3 Å². The molecule has 1 aliphatic heterocycles. The highest BCUT2D eigenvalue weighted by atomic mass is 35.5. The molecule has 6 heteroatoms. The number of nitrogens with two attached hydrogens (primary N) is 1. The molecule has 2 unspecified atom stereocenters. The van der Waals surface area contributed by atoms with Gasteiger partial charge in [0.15, 0.2) is 0 Å². The molecule has 1 heterocycles. The van der Waals surface area contributed by atoms with Gasteiger partial charge in [-0.3, -0.25) is 4.79 Å². The summed E-state index contributed by atoms with van der Waals surface area (Å²) in [7, 11) is 0. The Morgan fingerprint density at radius 3 is 2.42 bits per heavy atom. The third-order valence-corrected chi connectivity index (χ3v) is 3.37. The van der Waals surface area contributed by atoms with E-state index in [0.717, 1.165) is 18.2 Å². The Labute approximate surface area is 117 Å². The molecule has 1 aromatic rings. The fourth-order valence-corrected chi connectivity index (χ4v) is 2.21. The van der Waals surface area contributed by atoms with Crippen molar-refractivity contribution < 1.29 is 13.6 Å². The Morgan fingerprint density at radius 1 is 1.32 bits per heavy atom. The largest absolute Gasteiger partial charge is 0.338 e. The summed E-state index contributed by atoms with van der Waals surface area (Å²) in [6.45, 7) is 3.02. The van der Waals surface area contributed by atoms with E-state index in [9.17, 15) is 13.6 Å². The van der Waals surface area contributed by atoms with Crippen molar-refractivity contribution in [3.8, 4) is 0 Å². The summed E-state index contributed by atoms with van der Waals surface area (Å²) >= 11 is 0. The summed E-state index contributed by atoms with van der Waals surface area (Å²) in [6.07, 6.45) is 0.713. The first-order valence-electron chi connectivity index (χ1n) is 5.98. The fourth-order valence-electron chi connectivity index (χ4n) is 2.21. The molecule has 106 valence electrons. The molecule has 0 radical (unpaired) electrons. The van der Waals surface area contributed by atoms with Crippen molar-refractivity contribution in [2.45, 2.75) is 19.4 Å². The second kappa shape index (κ2) is 6.30. The number of amides is 1. The van der Waals surface area contributed by atoms with Gasteiger partial charge < -0.3 is 10.6 Å². The zero-order valence-corrected chi connectivity index (χ0v) is 11.4. The Balaban J connectivity index is 0.00000180. The summed E-state index contributed by atoms with van der Waals surface area (Å²) in [5, 5.41) is 0. The van der Waals surface area contributed by atoms with Crippen LogP contribution in [0.15, 0.2) is 18.2 Å². The molecule has 1 aromatic carbocycles. The Morgan fingerprint density at radius 2 is 1.89 bits per heavy atom. The van der Waals surface area contributed by atoms with E-state index in [-0.39, 0.29) is 35.8 Å².